The van der Waals surface area contributed by atoms with Gasteiger partial charge in [0, 0.05) is 23.2 Å². The number of carbonyl (C=O) groups excluding carboxylic acids is 1. The molecule has 0 bridgehead atoms. The minimum Gasteiger partial charge on any atom is -0.477 e. The van der Waals surface area contributed by atoms with Crippen LogP contribution in [0.3, 0.4) is 0 Å². The van der Waals surface area contributed by atoms with Crippen molar-refractivity contribution in [3.05, 3.63) is 65.5 Å². The Labute approximate surface area is 179 Å². The van der Waals surface area contributed by atoms with E-state index < -0.39 is 24.2 Å². The smallest absolute Gasteiger partial charge is 0.257 e. The van der Waals surface area contributed by atoms with Crippen molar-refractivity contribution in [3.8, 4) is 17.1 Å². The van der Waals surface area contributed by atoms with Crippen LogP contribution in [0.4, 0.5) is 0 Å². The normalized spacial score (nSPS) is 23.0. The first-order valence-corrected chi connectivity index (χ1v) is 10.2. The molecule has 0 aliphatic heterocycles. The summed E-state index contributed by atoms with van der Waals surface area (Å²) in [6, 6.07) is 14.1. The molecular weight excluding hydrogens is 398 g/mol. The third-order valence-electron chi connectivity index (χ3n) is 5.56. The van der Waals surface area contributed by atoms with Gasteiger partial charge in [-0.3, -0.25) is 4.79 Å². The number of benzene rings is 1. The molecule has 8 heteroatoms. The number of aryl methyl sites for hydroxylation is 2. The second kappa shape index (κ2) is 8.87. The van der Waals surface area contributed by atoms with Gasteiger partial charge in [0.1, 0.15) is 23.1 Å². The second-order valence-corrected chi connectivity index (χ2v) is 7.81. The Bertz CT molecular complexity index is 1050. The summed E-state index contributed by atoms with van der Waals surface area (Å²) in [5, 5.41) is 27.8. The van der Waals surface area contributed by atoms with Gasteiger partial charge in [-0.05, 0) is 26.3 Å². The van der Waals surface area contributed by atoms with Crippen LogP contribution in [-0.2, 0) is 0 Å². The molecule has 1 aliphatic rings. The molecule has 2 aromatic heterocycles. The lowest BCUT2D eigenvalue weighted by molar-refractivity contribution is 0.00217. The SMILES string of the molecule is Cc1cccc(OCC2CC(NC(=O)c3c(-c4ccccc4)noc3C)C(O)C2O)n1. The van der Waals surface area contributed by atoms with Crippen LogP contribution < -0.4 is 10.1 Å². The van der Waals surface area contributed by atoms with E-state index in [0.29, 0.717) is 29.3 Å². The topological polar surface area (TPSA) is 118 Å². The Hall–Kier alpha value is -3.23. The van der Waals surface area contributed by atoms with E-state index in [1.165, 1.54) is 0 Å². The molecule has 0 saturated heterocycles. The quantitative estimate of drug-likeness (QED) is 0.557. The van der Waals surface area contributed by atoms with Crippen molar-refractivity contribution in [1.82, 2.24) is 15.5 Å². The molecule has 1 aliphatic carbocycles. The van der Waals surface area contributed by atoms with Crippen LogP contribution in [0.1, 0.15) is 28.2 Å². The minimum atomic E-state index is -1.11. The van der Waals surface area contributed by atoms with Gasteiger partial charge in [0.15, 0.2) is 0 Å². The van der Waals surface area contributed by atoms with Gasteiger partial charge in [0.2, 0.25) is 5.88 Å². The fraction of sp³-hybridized carbons (Fsp3) is 0.348. The zero-order valence-electron chi connectivity index (χ0n) is 17.4. The van der Waals surface area contributed by atoms with Crippen LogP contribution >= 0.6 is 0 Å². The molecule has 162 valence electrons. The maximum atomic E-state index is 13.0. The van der Waals surface area contributed by atoms with E-state index in [-0.39, 0.29) is 12.5 Å². The maximum Gasteiger partial charge on any atom is 0.257 e. The Morgan fingerprint density at radius 3 is 2.65 bits per heavy atom. The largest absolute Gasteiger partial charge is 0.477 e. The molecule has 0 radical (unpaired) electrons. The summed E-state index contributed by atoms with van der Waals surface area (Å²) < 4.78 is 10.9. The van der Waals surface area contributed by atoms with Crippen molar-refractivity contribution in [2.45, 2.75) is 38.5 Å². The van der Waals surface area contributed by atoms with Crippen LogP contribution in [0.2, 0.25) is 0 Å². The number of rotatable bonds is 6. The third-order valence-corrected chi connectivity index (χ3v) is 5.56. The van der Waals surface area contributed by atoms with E-state index in [2.05, 4.69) is 15.5 Å². The third kappa shape index (κ3) is 4.45. The van der Waals surface area contributed by atoms with Crippen LogP contribution in [0, 0.1) is 19.8 Å². The summed E-state index contributed by atoms with van der Waals surface area (Å²) in [5.74, 6) is 0.0899. The zero-order valence-corrected chi connectivity index (χ0v) is 17.4. The molecule has 4 atom stereocenters. The van der Waals surface area contributed by atoms with Crippen molar-refractivity contribution < 1.29 is 24.3 Å². The highest BCUT2D eigenvalue weighted by atomic mass is 16.5. The molecule has 4 rings (SSSR count). The molecule has 1 amide bonds. The van der Waals surface area contributed by atoms with E-state index in [0.717, 1.165) is 11.3 Å². The molecule has 2 heterocycles. The number of ether oxygens (including phenoxy) is 1. The lowest BCUT2D eigenvalue weighted by Gasteiger charge is -2.18. The Morgan fingerprint density at radius 1 is 1.13 bits per heavy atom. The monoisotopic (exact) mass is 423 g/mol. The van der Waals surface area contributed by atoms with E-state index in [1.807, 2.05) is 49.4 Å². The van der Waals surface area contributed by atoms with Crippen molar-refractivity contribution >= 4 is 5.91 Å². The standard InChI is InChI=1S/C23H25N3O5/c1-13-7-6-10-18(24-13)30-12-16-11-17(22(28)21(16)27)25-23(29)19-14(2)31-26-20(19)15-8-4-3-5-9-15/h3-10,16-17,21-22,27-28H,11-12H2,1-2H3,(H,25,29). The van der Waals surface area contributed by atoms with E-state index in [4.69, 9.17) is 9.26 Å². The van der Waals surface area contributed by atoms with Gasteiger partial charge < -0.3 is 24.8 Å². The molecule has 31 heavy (non-hydrogen) atoms. The molecule has 1 fully saturated rings. The number of nitrogens with one attached hydrogen (secondary N) is 1. The van der Waals surface area contributed by atoms with E-state index in [1.54, 1.807) is 13.0 Å². The van der Waals surface area contributed by atoms with E-state index >= 15 is 0 Å². The van der Waals surface area contributed by atoms with Gasteiger partial charge in [-0.15, -0.1) is 0 Å². The minimum absolute atomic E-state index is 0.183. The van der Waals surface area contributed by atoms with Crippen molar-refractivity contribution in [3.63, 3.8) is 0 Å². The lowest BCUT2D eigenvalue weighted by Crippen LogP contribution is -2.43. The maximum absolute atomic E-state index is 13.0. The number of pyridine rings is 1. The van der Waals surface area contributed by atoms with Gasteiger partial charge in [-0.25, -0.2) is 4.98 Å². The molecule has 1 aromatic carbocycles. The van der Waals surface area contributed by atoms with E-state index in [9.17, 15) is 15.0 Å². The molecule has 4 unspecified atom stereocenters. The molecular formula is C23H25N3O5. The number of aliphatic hydroxyl groups excluding tert-OH is 2. The summed E-state index contributed by atoms with van der Waals surface area (Å²) in [5.41, 5.74) is 2.34. The summed E-state index contributed by atoms with van der Waals surface area (Å²) in [6.07, 6.45) is -1.76. The second-order valence-electron chi connectivity index (χ2n) is 7.81. The van der Waals surface area contributed by atoms with Crippen molar-refractivity contribution in [2.24, 2.45) is 5.92 Å². The van der Waals surface area contributed by atoms with Gasteiger partial charge in [-0.2, -0.15) is 0 Å². The predicted octanol–water partition coefficient (Wildman–Crippen LogP) is 2.27. The van der Waals surface area contributed by atoms with Crippen molar-refractivity contribution in [1.29, 1.82) is 0 Å². The average molecular weight is 423 g/mol. The number of nitrogens with zero attached hydrogens (tertiary/aromatic N) is 2. The number of amides is 1. The fourth-order valence-corrected chi connectivity index (χ4v) is 3.90. The molecule has 3 N–H and O–H groups in total. The summed E-state index contributed by atoms with van der Waals surface area (Å²) in [6.45, 7) is 3.71. The Kier molecular flexibility index (Phi) is 6.01. The molecule has 1 saturated carbocycles. The first kappa shape index (κ1) is 21.0. The summed E-state index contributed by atoms with van der Waals surface area (Å²) in [7, 11) is 0. The van der Waals surface area contributed by atoms with Gasteiger partial charge >= 0.3 is 0 Å². The Morgan fingerprint density at radius 2 is 1.90 bits per heavy atom. The molecule has 0 spiro atoms. The number of aromatic nitrogens is 2. The number of hydrogen-bond donors (Lipinski definition) is 3. The average Bonchev–Trinajstić information content (AvgIpc) is 3.28. The number of carbonyl (C=O) groups is 1. The van der Waals surface area contributed by atoms with Gasteiger partial charge in [0.25, 0.3) is 5.91 Å². The van der Waals surface area contributed by atoms with Crippen LogP contribution in [0.25, 0.3) is 11.3 Å². The van der Waals surface area contributed by atoms with Gasteiger partial charge in [0.05, 0.1) is 18.8 Å². The number of hydrogen-bond acceptors (Lipinski definition) is 7. The first-order valence-electron chi connectivity index (χ1n) is 10.2. The highest BCUT2D eigenvalue weighted by molar-refractivity contribution is 6.01. The summed E-state index contributed by atoms with van der Waals surface area (Å²) in [4.78, 5) is 17.3. The number of aliphatic hydroxyl groups is 2. The van der Waals surface area contributed by atoms with Crippen LogP contribution in [0.5, 0.6) is 5.88 Å². The van der Waals surface area contributed by atoms with Crippen LogP contribution in [0.15, 0.2) is 53.1 Å². The zero-order chi connectivity index (χ0) is 22.0. The molecule has 8 nitrogen and oxygen atoms in total. The highest BCUT2D eigenvalue weighted by Crippen LogP contribution is 2.29. The highest BCUT2D eigenvalue weighted by Gasteiger charge is 2.43. The van der Waals surface area contributed by atoms with Crippen molar-refractivity contribution in [2.75, 3.05) is 6.61 Å². The predicted molar refractivity (Wildman–Crippen MR) is 113 cm³/mol. The summed E-state index contributed by atoms with van der Waals surface area (Å²) >= 11 is 0. The van der Waals surface area contributed by atoms with Gasteiger partial charge in [-0.1, -0.05) is 41.6 Å². The van der Waals surface area contributed by atoms with Crippen LogP contribution in [-0.4, -0.2) is 51.1 Å². The Balaban J connectivity index is 1.44. The first-order chi connectivity index (χ1) is 14.9. The lowest BCUT2D eigenvalue weighted by atomic mass is 10.0. The molecule has 3 aromatic rings. The fourth-order valence-electron chi connectivity index (χ4n) is 3.90.